The van der Waals surface area contributed by atoms with Crippen LogP contribution < -0.4 is 32.4 Å². The molecule has 5 heterocycles. The number of anilines is 1. The predicted molar refractivity (Wildman–Crippen MR) is 327 cm³/mol. The first-order chi connectivity index (χ1) is 42.5. The lowest BCUT2D eigenvalue weighted by atomic mass is 9.98. The molecule has 91 heavy (non-hydrogen) atoms. The molecule has 7 N–H and O–H groups in total. The second-order valence-electron chi connectivity index (χ2n) is 25.8. The van der Waals surface area contributed by atoms with Gasteiger partial charge in [0.15, 0.2) is 11.3 Å². The number of amides is 10. The summed E-state index contributed by atoms with van der Waals surface area (Å²) in [7, 11) is 5.46. The van der Waals surface area contributed by atoms with E-state index in [1.807, 2.05) is 0 Å². The molecule has 0 spiro atoms. The molecule has 29 heteroatoms. The molecule has 10 amide bonds. The smallest absolute Gasteiger partial charge is 0.329 e. The number of cyclic esters (lactones) is 2. The molecule has 496 valence electrons. The summed E-state index contributed by atoms with van der Waals surface area (Å²) in [6, 6.07) is -8.46. The summed E-state index contributed by atoms with van der Waals surface area (Å²) >= 11 is 0. The third kappa shape index (κ3) is 14.1. The number of hydrogen-bond acceptors (Lipinski definition) is 19. The predicted octanol–water partition coefficient (Wildman–Crippen LogP) is -0.304. The Morgan fingerprint density at radius 2 is 1.13 bits per heavy atom. The van der Waals surface area contributed by atoms with Crippen LogP contribution in [0.1, 0.15) is 120 Å². The van der Waals surface area contributed by atoms with Gasteiger partial charge < -0.3 is 75.4 Å². The van der Waals surface area contributed by atoms with Crippen molar-refractivity contribution in [1.82, 2.24) is 55.7 Å². The second-order valence-corrected chi connectivity index (χ2v) is 25.8. The van der Waals surface area contributed by atoms with Crippen molar-refractivity contribution in [1.29, 1.82) is 0 Å². The highest BCUT2D eigenvalue weighted by Crippen LogP contribution is 2.35. The van der Waals surface area contributed by atoms with Crippen molar-refractivity contribution in [3.63, 3.8) is 0 Å². The molecule has 0 radical (unpaired) electrons. The van der Waals surface area contributed by atoms with E-state index in [-0.39, 0.29) is 53.9 Å². The summed E-state index contributed by atoms with van der Waals surface area (Å²) in [5.41, 5.74) is 3.38. The number of nitrogens with zero attached hydrogens (tertiary/aromatic N) is 7. The zero-order valence-corrected chi connectivity index (χ0v) is 54.5. The molecule has 0 bridgehead atoms. The van der Waals surface area contributed by atoms with Crippen molar-refractivity contribution in [2.75, 3.05) is 60.1 Å². The number of nitrogens with one attached hydrogen (secondary N) is 4. The van der Waals surface area contributed by atoms with Gasteiger partial charge in [-0.3, -0.25) is 52.7 Å². The number of aromatic nitrogens is 1. The van der Waals surface area contributed by atoms with Gasteiger partial charge in [0.1, 0.15) is 71.8 Å². The maximum absolute atomic E-state index is 15.2. The number of rotatable bonds is 8. The van der Waals surface area contributed by atoms with E-state index in [9.17, 15) is 57.8 Å². The highest BCUT2D eigenvalue weighted by atomic mass is 16.6. The number of benzene rings is 2. The normalized spacial score (nSPS) is 26.9. The fourth-order valence-electron chi connectivity index (χ4n) is 12.3. The van der Waals surface area contributed by atoms with Crippen molar-refractivity contribution in [3.05, 3.63) is 44.6 Å². The number of esters is 2. The molecule has 6 aliphatic rings. The lowest BCUT2D eigenvalue weighted by Gasteiger charge is -2.36. The van der Waals surface area contributed by atoms with Crippen LogP contribution in [0.3, 0.4) is 0 Å². The molecule has 11 atom stereocenters. The van der Waals surface area contributed by atoms with Crippen LogP contribution in [-0.2, 0) is 57.4 Å². The van der Waals surface area contributed by atoms with E-state index in [1.54, 1.807) is 62.3 Å². The Balaban J connectivity index is 1.32. The molecule has 1 aromatic rings. The average molecular weight is 1270 g/mol. The Morgan fingerprint density at radius 1 is 0.659 bits per heavy atom. The van der Waals surface area contributed by atoms with E-state index in [4.69, 9.17) is 24.6 Å². The van der Waals surface area contributed by atoms with Crippen molar-refractivity contribution in [2.24, 2.45) is 23.7 Å². The van der Waals surface area contributed by atoms with Crippen LogP contribution in [0.4, 0.5) is 5.69 Å². The van der Waals surface area contributed by atoms with Gasteiger partial charge in [0.25, 0.3) is 11.8 Å². The van der Waals surface area contributed by atoms with Gasteiger partial charge in [-0.2, -0.15) is 0 Å². The summed E-state index contributed by atoms with van der Waals surface area (Å²) < 4.78 is 18.3. The topological polar surface area (TPSA) is 380 Å². The maximum atomic E-state index is 15.2. The number of aryl methyl sites for hydroxylation is 1. The lowest BCUT2D eigenvalue weighted by Crippen LogP contribution is -2.61. The highest BCUT2D eigenvalue weighted by molar-refractivity contribution is 6.10. The van der Waals surface area contributed by atoms with Gasteiger partial charge in [-0.05, 0) is 75.8 Å². The molecule has 0 unspecified atom stereocenters. The fraction of sp³-hybridized carbons (Fsp3) is 0.613. The number of nitrogen functional groups attached to an aromatic ring is 1. The highest BCUT2D eigenvalue weighted by Gasteiger charge is 2.48. The number of carbonyl (C=O) groups is 12. The van der Waals surface area contributed by atoms with Crippen molar-refractivity contribution < 1.29 is 76.5 Å². The van der Waals surface area contributed by atoms with Gasteiger partial charge in [0.05, 0.1) is 36.0 Å². The molecule has 1 aromatic carbocycles. The number of nitrogens with two attached hydrogens (primary N) is 1. The molecule has 5 aliphatic heterocycles. The number of fused-ring (bicyclic) bond motifs is 4. The van der Waals surface area contributed by atoms with E-state index in [0.29, 0.717) is 12.0 Å². The number of carbonyl (C=O) groups excluding carboxylic acids is 12. The first-order valence-corrected chi connectivity index (χ1v) is 30.6. The summed E-state index contributed by atoms with van der Waals surface area (Å²) in [4.78, 5) is 199. The zero-order chi connectivity index (χ0) is 67.8. The number of hydrogen-bond donors (Lipinski definition) is 6. The van der Waals surface area contributed by atoms with E-state index in [0.717, 1.165) is 19.6 Å². The first-order valence-electron chi connectivity index (χ1n) is 30.6. The first kappa shape index (κ1) is 69.7. The van der Waals surface area contributed by atoms with Gasteiger partial charge in [-0.25, -0.2) is 14.6 Å². The molecule has 1 aliphatic carbocycles. The Bertz CT molecular complexity index is 3460. The van der Waals surface area contributed by atoms with E-state index >= 15 is 9.59 Å². The molecule has 4 fully saturated rings. The molecular formula is C62H86N12O17. The quantitative estimate of drug-likeness (QED) is 0.0957. The van der Waals surface area contributed by atoms with Gasteiger partial charge in [-0.15, -0.1) is 0 Å². The van der Waals surface area contributed by atoms with Gasteiger partial charge >= 0.3 is 11.9 Å². The van der Waals surface area contributed by atoms with E-state index < -0.39 is 197 Å². The summed E-state index contributed by atoms with van der Waals surface area (Å²) in [5.74, 6) is -13.1. The minimum atomic E-state index is -1.94. The fourth-order valence-corrected chi connectivity index (χ4v) is 12.3. The Kier molecular flexibility index (Phi) is 21.3. The Labute approximate surface area is 527 Å². The van der Waals surface area contributed by atoms with E-state index in [2.05, 4.69) is 21.3 Å². The van der Waals surface area contributed by atoms with Gasteiger partial charge in [0.2, 0.25) is 52.7 Å². The van der Waals surface area contributed by atoms with Crippen molar-refractivity contribution in [2.45, 2.75) is 169 Å². The third-order valence-corrected chi connectivity index (χ3v) is 17.5. The second kappa shape index (κ2) is 27.8. The Morgan fingerprint density at radius 3 is 1.62 bits per heavy atom. The molecule has 29 nitrogen and oxygen atoms in total. The van der Waals surface area contributed by atoms with Crippen LogP contribution >= 0.6 is 0 Å². The molecule has 7 rings (SSSR count). The van der Waals surface area contributed by atoms with Gasteiger partial charge in [0, 0.05) is 53.3 Å². The largest absolute Gasteiger partial charge is 0.458 e. The zero-order valence-electron chi connectivity index (χ0n) is 54.5. The average Bonchev–Trinajstić information content (AvgIpc) is 1.68. The van der Waals surface area contributed by atoms with Gasteiger partial charge in [-0.1, -0.05) is 61.5 Å². The monoisotopic (exact) mass is 1270 g/mol. The summed E-state index contributed by atoms with van der Waals surface area (Å²) in [5, 5.41) is 21.4. The number of aliphatic hydroxyl groups excluding tert-OH is 1. The SMILES string of the molecule is Cc1c2oc3c(C)ccc(C(=O)N[C@@H]4C(=O)N[C@H](C(C)C)C(=O)N5CCC[C@H]5C(=O)N(C)CC(=O)N(C)[C@@H](C(C)C)C(=O)O[C@@H]4C)c3nc-2c(C(=O)N[C@@H]2C(=O)N[C@H](C(C)C)C(=O)N3C[C@@H](O)C[C@H]3C(=O)N(C)CC(=O)N(C)[C@@H](C(C)C)C(=O)O[C@@H]2C)c(N)c1=O. The minimum absolute atomic E-state index is 0.0925. The van der Waals surface area contributed by atoms with Crippen molar-refractivity contribution >= 4 is 87.8 Å². The molecular weight excluding hydrogens is 1180 g/mol. The number of aliphatic hydroxyl groups is 1. The van der Waals surface area contributed by atoms with Crippen LogP contribution in [0.25, 0.3) is 22.6 Å². The molecule has 4 saturated heterocycles. The van der Waals surface area contributed by atoms with Crippen molar-refractivity contribution in [3.8, 4) is 11.5 Å². The standard InChI is InChI=1S/C62H86N12O17/c1-26(2)42-59(85)73-21-17-18-36(73)57(83)69(13)24-38(76)71(15)48(28(5)6)61(87)89-32(11)44(55(81)65-42)67-53(79)35-20-19-30(9)51-46(35)64-47-40(41(63)50(78)31(10)52(47)91-51)54(80)68-45-33(12)90-62(88)49(29(7)8)72(16)39(77)25-70(14)58(84)37-22-34(75)23-74(37)60(86)43(27(3)4)66-56(45)82/h19-20,26-29,32-34,36-37,42-45,48-49,75H,17-18,21-25,63H2,1-16H3,(H,65,81)(H,66,82)(H,67,79)(H,68,80)/t32-,33-,34+,36+,37+,42-,43-,44+,45+,48+,49+/m1/s1. The number of ether oxygens (including phenoxy) is 2. The lowest BCUT2D eigenvalue weighted by molar-refractivity contribution is -0.163. The summed E-state index contributed by atoms with van der Waals surface area (Å²) in [6.45, 7) is 17.5. The van der Waals surface area contributed by atoms with Crippen LogP contribution in [0.15, 0.2) is 21.3 Å². The molecule has 0 aromatic heterocycles. The van der Waals surface area contributed by atoms with Crippen LogP contribution in [0.2, 0.25) is 0 Å². The molecule has 0 saturated carbocycles. The number of likely N-dealkylation sites (N-methyl/N-ethyl adjacent to an activating group) is 4. The van der Waals surface area contributed by atoms with Crippen LogP contribution in [0, 0.1) is 37.5 Å². The summed E-state index contributed by atoms with van der Waals surface area (Å²) in [6.07, 6.45) is -3.77. The Hall–Kier alpha value is -8.76. The van der Waals surface area contributed by atoms with Crippen LogP contribution in [-0.4, -0.2) is 232 Å². The third-order valence-electron chi connectivity index (χ3n) is 17.5. The van der Waals surface area contributed by atoms with Crippen LogP contribution in [0.5, 0.6) is 0 Å². The van der Waals surface area contributed by atoms with E-state index in [1.165, 1.54) is 70.9 Å². The maximum Gasteiger partial charge on any atom is 0.329 e. The minimum Gasteiger partial charge on any atom is -0.458 e.